The third kappa shape index (κ3) is 14.0. The summed E-state index contributed by atoms with van der Waals surface area (Å²) in [4.78, 5) is 0. The van der Waals surface area contributed by atoms with E-state index in [0.29, 0.717) is 6.10 Å². The molecule has 2 heteroatoms. The van der Waals surface area contributed by atoms with Gasteiger partial charge in [0, 0.05) is 13.2 Å². The first-order valence-corrected chi connectivity index (χ1v) is 10.6. The lowest BCUT2D eigenvalue weighted by molar-refractivity contribution is 0.0161. The van der Waals surface area contributed by atoms with Gasteiger partial charge < -0.3 is 9.47 Å². The van der Waals surface area contributed by atoms with Crippen molar-refractivity contribution in [3.63, 3.8) is 0 Å². The van der Waals surface area contributed by atoms with Gasteiger partial charge in [0.15, 0.2) is 0 Å². The van der Waals surface area contributed by atoms with Crippen molar-refractivity contribution in [1.29, 1.82) is 0 Å². The molecule has 0 N–H and O–H groups in total. The van der Waals surface area contributed by atoms with E-state index in [1.807, 2.05) is 0 Å². The largest absolute Gasteiger partial charge is 0.379 e. The van der Waals surface area contributed by atoms with Crippen molar-refractivity contribution in [3.05, 3.63) is 0 Å². The van der Waals surface area contributed by atoms with E-state index in [1.165, 1.54) is 103 Å². The fourth-order valence-corrected chi connectivity index (χ4v) is 3.39. The first-order chi connectivity index (χ1) is 11.4. The van der Waals surface area contributed by atoms with E-state index in [2.05, 4.69) is 6.92 Å². The quantitative estimate of drug-likeness (QED) is 0.278. The minimum absolute atomic E-state index is 0.390. The number of ether oxygens (including phenoxy) is 2. The second kappa shape index (κ2) is 16.8. The van der Waals surface area contributed by atoms with Crippen LogP contribution in [-0.2, 0) is 9.47 Å². The Morgan fingerprint density at radius 3 is 1.74 bits per heavy atom. The highest BCUT2D eigenvalue weighted by atomic mass is 16.5. The summed E-state index contributed by atoms with van der Waals surface area (Å²) in [5, 5.41) is 0. The van der Waals surface area contributed by atoms with E-state index in [1.54, 1.807) is 0 Å². The zero-order chi connectivity index (χ0) is 16.4. The van der Waals surface area contributed by atoms with E-state index >= 15 is 0 Å². The summed E-state index contributed by atoms with van der Waals surface area (Å²) < 4.78 is 11.3. The van der Waals surface area contributed by atoms with Crippen molar-refractivity contribution < 1.29 is 9.47 Å². The maximum absolute atomic E-state index is 5.70. The average molecular weight is 327 g/mol. The molecule has 1 heterocycles. The SMILES string of the molecule is CCCCCCCCCCCCCCCCOCC1CCCO1. The Morgan fingerprint density at radius 1 is 0.739 bits per heavy atom. The molecule has 138 valence electrons. The Hall–Kier alpha value is -0.0800. The zero-order valence-corrected chi connectivity index (χ0v) is 15.8. The lowest BCUT2D eigenvalue weighted by atomic mass is 10.0. The number of rotatable bonds is 17. The van der Waals surface area contributed by atoms with Crippen LogP contribution in [-0.4, -0.2) is 25.9 Å². The highest BCUT2D eigenvalue weighted by Crippen LogP contribution is 2.14. The lowest BCUT2D eigenvalue weighted by Gasteiger charge is -2.09. The Labute approximate surface area is 145 Å². The zero-order valence-electron chi connectivity index (χ0n) is 15.8. The molecule has 0 saturated carbocycles. The van der Waals surface area contributed by atoms with Gasteiger partial charge in [-0.3, -0.25) is 0 Å². The van der Waals surface area contributed by atoms with Crippen molar-refractivity contribution in [3.8, 4) is 0 Å². The summed E-state index contributed by atoms with van der Waals surface area (Å²) in [6.07, 6.45) is 22.6. The normalized spacial score (nSPS) is 17.9. The summed E-state index contributed by atoms with van der Waals surface area (Å²) in [7, 11) is 0. The van der Waals surface area contributed by atoms with E-state index in [0.717, 1.165) is 19.8 Å². The molecule has 0 aliphatic carbocycles. The molecule has 0 amide bonds. The fourth-order valence-electron chi connectivity index (χ4n) is 3.39. The molecule has 0 aromatic rings. The molecular weight excluding hydrogens is 284 g/mol. The van der Waals surface area contributed by atoms with E-state index in [-0.39, 0.29) is 0 Å². The maximum Gasteiger partial charge on any atom is 0.0809 e. The summed E-state index contributed by atoms with van der Waals surface area (Å²) in [6.45, 7) is 4.97. The first-order valence-electron chi connectivity index (χ1n) is 10.6. The summed E-state index contributed by atoms with van der Waals surface area (Å²) in [5.41, 5.74) is 0. The van der Waals surface area contributed by atoms with Gasteiger partial charge >= 0.3 is 0 Å². The minimum atomic E-state index is 0.390. The van der Waals surface area contributed by atoms with Crippen LogP contribution >= 0.6 is 0 Å². The maximum atomic E-state index is 5.70. The Balaban J connectivity index is 1.64. The van der Waals surface area contributed by atoms with Crippen molar-refractivity contribution in [2.75, 3.05) is 19.8 Å². The lowest BCUT2D eigenvalue weighted by Crippen LogP contribution is -2.14. The molecule has 0 aromatic heterocycles. The topological polar surface area (TPSA) is 18.5 Å². The molecule has 1 unspecified atom stereocenters. The van der Waals surface area contributed by atoms with Gasteiger partial charge in [0.05, 0.1) is 12.7 Å². The number of unbranched alkanes of at least 4 members (excludes halogenated alkanes) is 13. The summed E-state index contributed by atoms with van der Waals surface area (Å²) in [6, 6.07) is 0. The van der Waals surface area contributed by atoms with Crippen LogP contribution in [0.15, 0.2) is 0 Å². The van der Waals surface area contributed by atoms with Crippen LogP contribution in [0.3, 0.4) is 0 Å². The van der Waals surface area contributed by atoms with Crippen molar-refractivity contribution >= 4 is 0 Å². The van der Waals surface area contributed by atoms with Crippen molar-refractivity contribution in [2.45, 2.75) is 116 Å². The number of hydrogen-bond acceptors (Lipinski definition) is 2. The van der Waals surface area contributed by atoms with Crippen LogP contribution in [0.4, 0.5) is 0 Å². The second-order valence-corrected chi connectivity index (χ2v) is 7.31. The summed E-state index contributed by atoms with van der Waals surface area (Å²) in [5.74, 6) is 0. The van der Waals surface area contributed by atoms with Gasteiger partial charge in [0.25, 0.3) is 0 Å². The van der Waals surface area contributed by atoms with Gasteiger partial charge in [-0.15, -0.1) is 0 Å². The van der Waals surface area contributed by atoms with Crippen LogP contribution in [0.2, 0.25) is 0 Å². The predicted molar refractivity (Wildman–Crippen MR) is 100 cm³/mol. The summed E-state index contributed by atoms with van der Waals surface area (Å²) >= 11 is 0. The third-order valence-corrected chi connectivity index (χ3v) is 4.97. The van der Waals surface area contributed by atoms with E-state index < -0.39 is 0 Å². The molecule has 0 spiro atoms. The van der Waals surface area contributed by atoms with Crippen molar-refractivity contribution in [1.82, 2.24) is 0 Å². The molecule has 1 saturated heterocycles. The standard InChI is InChI=1S/C21H42O2/c1-2-3-4-5-6-7-8-9-10-11-12-13-14-15-18-22-20-21-17-16-19-23-21/h21H,2-20H2,1H3. The van der Waals surface area contributed by atoms with Crippen LogP contribution < -0.4 is 0 Å². The van der Waals surface area contributed by atoms with E-state index in [9.17, 15) is 0 Å². The van der Waals surface area contributed by atoms with Crippen LogP contribution in [0.5, 0.6) is 0 Å². The molecule has 1 aliphatic heterocycles. The van der Waals surface area contributed by atoms with Crippen molar-refractivity contribution in [2.24, 2.45) is 0 Å². The van der Waals surface area contributed by atoms with Gasteiger partial charge in [0.2, 0.25) is 0 Å². The Morgan fingerprint density at radius 2 is 1.26 bits per heavy atom. The molecule has 0 radical (unpaired) electrons. The highest BCUT2D eigenvalue weighted by Gasteiger charge is 2.14. The van der Waals surface area contributed by atoms with Gasteiger partial charge in [-0.25, -0.2) is 0 Å². The van der Waals surface area contributed by atoms with Gasteiger partial charge in [-0.05, 0) is 19.3 Å². The molecule has 2 nitrogen and oxygen atoms in total. The molecule has 1 fully saturated rings. The molecule has 1 aliphatic rings. The Kier molecular flexibility index (Phi) is 15.3. The molecule has 0 bridgehead atoms. The molecule has 1 atom stereocenters. The monoisotopic (exact) mass is 326 g/mol. The second-order valence-electron chi connectivity index (χ2n) is 7.31. The highest BCUT2D eigenvalue weighted by molar-refractivity contribution is 4.63. The van der Waals surface area contributed by atoms with E-state index in [4.69, 9.17) is 9.47 Å². The molecule has 1 rings (SSSR count). The van der Waals surface area contributed by atoms with Gasteiger partial charge in [-0.2, -0.15) is 0 Å². The Bertz CT molecular complexity index is 224. The van der Waals surface area contributed by atoms with Crippen LogP contribution in [0, 0.1) is 0 Å². The van der Waals surface area contributed by atoms with Gasteiger partial charge in [0.1, 0.15) is 0 Å². The smallest absolute Gasteiger partial charge is 0.0809 e. The third-order valence-electron chi connectivity index (χ3n) is 4.97. The minimum Gasteiger partial charge on any atom is -0.379 e. The predicted octanol–water partition coefficient (Wildman–Crippen LogP) is 6.66. The molecule has 23 heavy (non-hydrogen) atoms. The van der Waals surface area contributed by atoms with Crippen LogP contribution in [0.25, 0.3) is 0 Å². The first kappa shape index (κ1) is 21.0. The molecular formula is C21H42O2. The fraction of sp³-hybridized carbons (Fsp3) is 1.00. The van der Waals surface area contributed by atoms with Gasteiger partial charge in [-0.1, -0.05) is 90.4 Å². The average Bonchev–Trinajstić information content (AvgIpc) is 3.08. The van der Waals surface area contributed by atoms with Crippen LogP contribution in [0.1, 0.15) is 110 Å². The molecule has 0 aromatic carbocycles. The number of hydrogen-bond donors (Lipinski definition) is 0.